The molecule has 11 nitrogen and oxygen atoms in total. The largest absolute Gasteiger partial charge is 0.444 e. The number of aryl methyl sites for hydroxylation is 1. The molecule has 2 bridgehead atoms. The Balaban J connectivity index is 1.43. The number of anilines is 1. The van der Waals surface area contributed by atoms with Crippen LogP contribution in [0.3, 0.4) is 0 Å². The molecule has 0 saturated carbocycles. The van der Waals surface area contributed by atoms with E-state index >= 15 is 0 Å². The first-order valence-corrected chi connectivity index (χ1v) is 20.7. The van der Waals surface area contributed by atoms with Gasteiger partial charge in [0.15, 0.2) is 5.65 Å². The Morgan fingerprint density at radius 2 is 1.89 bits per heavy atom. The molecule has 0 N–H and O–H groups in total. The highest BCUT2D eigenvalue weighted by atomic mass is 35.5. The van der Waals surface area contributed by atoms with Crippen LogP contribution in [0.4, 0.5) is 10.7 Å². The van der Waals surface area contributed by atoms with Crippen molar-refractivity contribution in [2.45, 2.75) is 110 Å². The van der Waals surface area contributed by atoms with Gasteiger partial charge in [0.2, 0.25) is 5.95 Å². The smallest absolute Gasteiger partial charge is 0.410 e. The number of halogens is 1. The minimum Gasteiger partial charge on any atom is -0.444 e. The molecule has 13 heteroatoms. The quantitative estimate of drug-likeness (QED) is 0.143. The highest BCUT2D eigenvalue weighted by molar-refractivity contribution is 6.76. The molecule has 0 spiro atoms. The Morgan fingerprint density at radius 1 is 1.15 bits per heavy atom. The van der Waals surface area contributed by atoms with Crippen LogP contribution in [-0.4, -0.2) is 80.3 Å². The minimum atomic E-state index is -1.29. The molecule has 0 unspecified atom stereocenters. The number of aromatic nitrogens is 5. The fraction of sp³-hybridized carbons (Fsp3) is 0.588. The van der Waals surface area contributed by atoms with Gasteiger partial charge in [-0.25, -0.2) is 4.79 Å². The first kappa shape index (κ1) is 33.5. The number of hydrogen-bond donors (Lipinski definition) is 0. The number of hydrogen-bond acceptors (Lipinski definition) is 7. The fourth-order valence-electron chi connectivity index (χ4n) is 7.01. The lowest BCUT2D eigenvalue weighted by Gasteiger charge is -2.33. The lowest BCUT2D eigenvalue weighted by molar-refractivity contribution is 0.0202. The van der Waals surface area contributed by atoms with Crippen LogP contribution in [-0.2, 0) is 29.8 Å². The van der Waals surface area contributed by atoms with Crippen LogP contribution in [0.1, 0.15) is 47.0 Å². The molecule has 4 aromatic rings. The molecule has 2 aliphatic heterocycles. The van der Waals surface area contributed by atoms with E-state index in [1.54, 1.807) is 16.5 Å². The summed E-state index contributed by atoms with van der Waals surface area (Å²) < 4.78 is 17.4. The van der Waals surface area contributed by atoms with Crippen LogP contribution in [0.25, 0.3) is 33.1 Å². The van der Waals surface area contributed by atoms with E-state index in [-0.39, 0.29) is 36.5 Å². The number of carbonyl (C=O) groups excluding carboxylic acids is 1. The fourth-order valence-corrected chi connectivity index (χ4v) is 8.08. The van der Waals surface area contributed by atoms with E-state index in [9.17, 15) is 9.59 Å². The van der Waals surface area contributed by atoms with E-state index in [0.717, 1.165) is 53.9 Å². The Morgan fingerprint density at radius 3 is 2.57 bits per heavy atom. The van der Waals surface area contributed by atoms with Gasteiger partial charge in [0, 0.05) is 70.3 Å². The molecule has 2 fully saturated rings. The van der Waals surface area contributed by atoms with Crippen LogP contribution >= 0.6 is 11.6 Å². The number of rotatable bonds is 9. The molecule has 3 aromatic heterocycles. The van der Waals surface area contributed by atoms with Gasteiger partial charge in [-0.05, 0) is 59.1 Å². The van der Waals surface area contributed by atoms with Gasteiger partial charge in [0.25, 0.3) is 5.56 Å². The summed E-state index contributed by atoms with van der Waals surface area (Å²) >= 11 is 7.05. The SMILES string of the molecule is CCn1cc2c(Cl)c(-c3cn(COCC[Si](C)(C)C)c4nc(N5[C@H]6CC[C@@H]5[C@H](N(C)C(=O)OC(C)(C)C)C6)n(C)c(=O)c34)ccc2n1. The van der Waals surface area contributed by atoms with E-state index in [1.807, 2.05) is 68.5 Å². The second-order valence-corrected chi connectivity index (χ2v) is 21.3. The van der Waals surface area contributed by atoms with Crippen molar-refractivity contribution in [2.24, 2.45) is 7.05 Å². The number of nitrogens with zero attached hydrogens (tertiary/aromatic N) is 7. The molecule has 0 aliphatic carbocycles. The van der Waals surface area contributed by atoms with Crippen LogP contribution in [0, 0.1) is 0 Å². The number of ether oxygens (including phenoxy) is 2. The molecule has 6 rings (SSSR count). The zero-order valence-electron chi connectivity index (χ0n) is 29.1. The van der Waals surface area contributed by atoms with Crippen molar-refractivity contribution in [2.75, 3.05) is 18.6 Å². The summed E-state index contributed by atoms with van der Waals surface area (Å²) in [5.41, 5.74) is 2.12. The van der Waals surface area contributed by atoms with Crippen molar-refractivity contribution in [3.63, 3.8) is 0 Å². The number of fused-ring (bicyclic) bond motifs is 4. The van der Waals surface area contributed by atoms with E-state index in [1.165, 1.54) is 0 Å². The molecule has 1 aromatic carbocycles. The lowest BCUT2D eigenvalue weighted by Crippen LogP contribution is -2.47. The van der Waals surface area contributed by atoms with Gasteiger partial charge in [-0.1, -0.05) is 37.3 Å². The standard InChI is InChI=1S/C34H48ClN7O4Si/c1-10-41-19-24-25(37-41)13-12-22(29(24)35)23-18-40(20-45-15-16-47(7,8)9)30-28(23)31(43)39(6)32(36-30)42-21-11-14-26(42)27(17-21)38(5)33(44)46-34(2,3)4/h12-13,18-19,21,26-27H,10-11,14-17,20H2,1-9H3/t21-,26+,27+/m0/s1. The Hall–Kier alpha value is -3.35. The zero-order chi connectivity index (χ0) is 34.0. The van der Waals surface area contributed by atoms with Crippen molar-refractivity contribution in [3.8, 4) is 11.1 Å². The predicted molar refractivity (Wildman–Crippen MR) is 190 cm³/mol. The average Bonchev–Trinajstić information content (AvgIpc) is 3.77. The van der Waals surface area contributed by atoms with Crippen LogP contribution in [0.15, 0.2) is 29.3 Å². The molecule has 2 aliphatic rings. The number of carbonyl (C=O) groups is 1. The number of benzene rings is 1. The van der Waals surface area contributed by atoms with Crippen LogP contribution < -0.4 is 10.5 Å². The van der Waals surface area contributed by atoms with Gasteiger partial charge in [-0.3, -0.25) is 14.0 Å². The van der Waals surface area contributed by atoms with Gasteiger partial charge in [0.05, 0.1) is 28.0 Å². The van der Waals surface area contributed by atoms with Crippen molar-refractivity contribution >= 4 is 53.7 Å². The van der Waals surface area contributed by atoms with E-state index in [2.05, 4.69) is 29.6 Å². The molecule has 3 atom stereocenters. The van der Waals surface area contributed by atoms with Crippen molar-refractivity contribution in [1.82, 2.24) is 28.8 Å². The molecular weight excluding hydrogens is 634 g/mol. The van der Waals surface area contributed by atoms with E-state index in [0.29, 0.717) is 28.6 Å². The van der Waals surface area contributed by atoms with Crippen molar-refractivity contribution < 1.29 is 14.3 Å². The minimum absolute atomic E-state index is 0.0240. The summed E-state index contributed by atoms with van der Waals surface area (Å²) in [5.74, 6) is 0.605. The first-order chi connectivity index (χ1) is 22.1. The monoisotopic (exact) mass is 681 g/mol. The van der Waals surface area contributed by atoms with Gasteiger partial charge >= 0.3 is 6.09 Å². The van der Waals surface area contributed by atoms with Gasteiger partial charge in [0.1, 0.15) is 12.3 Å². The molecule has 1 amide bonds. The Labute approximate surface area is 282 Å². The highest BCUT2D eigenvalue weighted by Gasteiger charge is 2.50. The normalized spacial score (nSPS) is 19.8. The van der Waals surface area contributed by atoms with Crippen LogP contribution in [0.2, 0.25) is 30.7 Å². The summed E-state index contributed by atoms with van der Waals surface area (Å²) in [6.07, 6.45) is 6.24. The average molecular weight is 682 g/mol. The third kappa shape index (κ3) is 6.31. The summed E-state index contributed by atoms with van der Waals surface area (Å²) in [6, 6.07) is 5.06. The third-order valence-corrected chi connectivity index (χ3v) is 11.6. The summed E-state index contributed by atoms with van der Waals surface area (Å²) in [6.45, 7) is 16.3. The summed E-state index contributed by atoms with van der Waals surface area (Å²) in [7, 11) is 2.31. The molecule has 47 heavy (non-hydrogen) atoms. The maximum atomic E-state index is 14.4. The molecular formula is C34H48ClN7O4Si. The van der Waals surface area contributed by atoms with Gasteiger partial charge in [-0.15, -0.1) is 0 Å². The van der Waals surface area contributed by atoms with Gasteiger partial charge < -0.3 is 23.8 Å². The van der Waals surface area contributed by atoms with Crippen molar-refractivity contribution in [1.29, 1.82) is 0 Å². The third-order valence-electron chi connectivity index (χ3n) is 9.50. The Kier molecular flexibility index (Phi) is 8.76. The van der Waals surface area contributed by atoms with E-state index in [4.69, 9.17) is 26.1 Å². The molecule has 0 radical (unpaired) electrons. The highest BCUT2D eigenvalue weighted by Crippen LogP contribution is 2.43. The second kappa shape index (κ2) is 12.3. The lowest BCUT2D eigenvalue weighted by atomic mass is 9.95. The molecule has 5 heterocycles. The number of likely N-dealkylation sites (N-methyl/N-ethyl adjacent to an activating group) is 1. The summed E-state index contributed by atoms with van der Waals surface area (Å²) in [5, 5.41) is 6.51. The predicted octanol–water partition coefficient (Wildman–Crippen LogP) is 6.71. The van der Waals surface area contributed by atoms with Crippen LogP contribution in [0.5, 0.6) is 0 Å². The van der Waals surface area contributed by atoms with E-state index < -0.39 is 13.7 Å². The van der Waals surface area contributed by atoms with Gasteiger partial charge in [-0.2, -0.15) is 10.1 Å². The zero-order valence-corrected chi connectivity index (χ0v) is 30.9. The maximum Gasteiger partial charge on any atom is 0.410 e. The second-order valence-electron chi connectivity index (χ2n) is 15.3. The Bertz CT molecular complexity index is 1890. The van der Waals surface area contributed by atoms with Crippen molar-refractivity contribution in [3.05, 3.63) is 39.9 Å². The summed E-state index contributed by atoms with van der Waals surface area (Å²) in [4.78, 5) is 36.7. The molecule has 254 valence electrons. The first-order valence-electron chi connectivity index (χ1n) is 16.7. The molecule has 2 saturated heterocycles. The topological polar surface area (TPSA) is 99.6 Å². The number of amides is 1. The maximum absolute atomic E-state index is 14.4.